The van der Waals surface area contributed by atoms with Crippen molar-refractivity contribution in [3.8, 4) is 0 Å². The van der Waals surface area contributed by atoms with E-state index in [-0.39, 0.29) is 19.2 Å². The highest BCUT2D eigenvalue weighted by Crippen LogP contribution is 2.35. The Morgan fingerprint density at radius 2 is 2.00 bits per heavy atom. The summed E-state index contributed by atoms with van der Waals surface area (Å²) in [7, 11) is 0. The van der Waals surface area contributed by atoms with Crippen LogP contribution in [0.5, 0.6) is 0 Å². The molecule has 6 heteroatoms. The summed E-state index contributed by atoms with van der Waals surface area (Å²) in [6.45, 7) is 6.91. The molecule has 20 heavy (non-hydrogen) atoms. The first-order valence-electron chi connectivity index (χ1n) is 6.99. The number of hydrogen-bond donors (Lipinski definition) is 2. The van der Waals surface area contributed by atoms with Crippen molar-refractivity contribution in [2.45, 2.75) is 26.2 Å². The van der Waals surface area contributed by atoms with Crippen molar-refractivity contribution in [2.24, 2.45) is 5.41 Å². The zero-order valence-corrected chi connectivity index (χ0v) is 12.0. The number of aliphatic hydroxyl groups is 1. The number of carbonyl (C=O) groups is 2. The van der Waals surface area contributed by atoms with Gasteiger partial charge in [-0.2, -0.15) is 0 Å². The van der Waals surface area contributed by atoms with Crippen LogP contribution in [0.3, 0.4) is 0 Å². The van der Waals surface area contributed by atoms with Gasteiger partial charge in [0, 0.05) is 26.2 Å². The molecular weight excluding hydrogens is 260 g/mol. The molecule has 0 aliphatic carbocycles. The number of aliphatic hydroxyl groups excluding tert-OH is 1. The van der Waals surface area contributed by atoms with Crippen LogP contribution in [0.2, 0.25) is 0 Å². The monoisotopic (exact) mass is 284 g/mol. The van der Waals surface area contributed by atoms with Gasteiger partial charge in [-0.05, 0) is 19.3 Å². The highest BCUT2D eigenvalue weighted by Gasteiger charge is 2.41. The molecule has 1 saturated heterocycles. The number of piperidine rings is 1. The molecule has 2 N–H and O–H groups in total. The number of carbonyl (C=O) groups excluding carboxylic acids is 1. The minimum absolute atomic E-state index is 0.0958. The molecular formula is C14H24N2O4. The lowest BCUT2D eigenvalue weighted by Crippen LogP contribution is -2.51. The summed E-state index contributed by atoms with van der Waals surface area (Å²) >= 11 is 0. The molecule has 1 fully saturated rings. The minimum atomic E-state index is -0.773. The van der Waals surface area contributed by atoms with Gasteiger partial charge < -0.3 is 20.0 Å². The average Bonchev–Trinajstić information content (AvgIpc) is 2.46. The number of hydrogen-bond acceptors (Lipinski definition) is 3. The van der Waals surface area contributed by atoms with Gasteiger partial charge in [0.2, 0.25) is 0 Å². The molecule has 0 aromatic rings. The third-order valence-corrected chi connectivity index (χ3v) is 4.11. The summed E-state index contributed by atoms with van der Waals surface area (Å²) < 4.78 is 0. The van der Waals surface area contributed by atoms with Crippen LogP contribution in [0.15, 0.2) is 12.7 Å². The maximum absolute atomic E-state index is 12.3. The van der Waals surface area contributed by atoms with E-state index in [1.807, 2.05) is 6.92 Å². The molecule has 1 rings (SSSR count). The quantitative estimate of drug-likeness (QED) is 0.717. The number of carboxylic acid groups (broad SMARTS) is 1. The zero-order chi connectivity index (χ0) is 15.2. The number of urea groups is 1. The van der Waals surface area contributed by atoms with E-state index in [4.69, 9.17) is 5.11 Å². The van der Waals surface area contributed by atoms with Gasteiger partial charge in [0.1, 0.15) is 0 Å². The Kier molecular flexibility index (Phi) is 6.01. The van der Waals surface area contributed by atoms with Gasteiger partial charge in [-0.15, -0.1) is 6.58 Å². The van der Waals surface area contributed by atoms with Gasteiger partial charge in [-0.25, -0.2) is 4.79 Å². The van der Waals surface area contributed by atoms with E-state index in [0.29, 0.717) is 38.9 Å². The standard InChI is InChI=1S/C14H24N2O4/c1-3-7-15(10-11-17)13(20)16-8-5-14(4-2,6-9-16)12(18)19/h3,17H,1,4-11H2,2H3,(H,18,19). The summed E-state index contributed by atoms with van der Waals surface area (Å²) in [6.07, 6.45) is 3.15. The van der Waals surface area contributed by atoms with Crippen molar-refractivity contribution >= 4 is 12.0 Å². The topological polar surface area (TPSA) is 81.1 Å². The fourth-order valence-corrected chi connectivity index (χ4v) is 2.59. The van der Waals surface area contributed by atoms with Crippen molar-refractivity contribution in [1.82, 2.24) is 9.80 Å². The Bertz CT molecular complexity index is 362. The van der Waals surface area contributed by atoms with Crippen molar-refractivity contribution in [2.75, 3.05) is 32.8 Å². The lowest BCUT2D eigenvalue weighted by atomic mass is 9.76. The van der Waals surface area contributed by atoms with Crippen LogP contribution in [0.4, 0.5) is 4.79 Å². The first-order valence-corrected chi connectivity index (χ1v) is 6.99. The molecule has 1 heterocycles. The molecule has 0 radical (unpaired) electrons. The van der Waals surface area contributed by atoms with Gasteiger partial charge in [-0.3, -0.25) is 4.79 Å². The largest absolute Gasteiger partial charge is 0.481 e. The van der Waals surface area contributed by atoms with E-state index >= 15 is 0 Å². The molecule has 114 valence electrons. The van der Waals surface area contributed by atoms with Gasteiger partial charge in [0.25, 0.3) is 0 Å². The van der Waals surface area contributed by atoms with Crippen LogP contribution < -0.4 is 0 Å². The molecule has 0 unspecified atom stereocenters. The number of aliphatic carboxylic acids is 1. The second-order valence-electron chi connectivity index (χ2n) is 5.17. The summed E-state index contributed by atoms with van der Waals surface area (Å²) in [5.41, 5.74) is -0.697. The lowest BCUT2D eigenvalue weighted by Gasteiger charge is -2.40. The molecule has 2 amide bonds. The van der Waals surface area contributed by atoms with Crippen molar-refractivity contribution < 1.29 is 19.8 Å². The van der Waals surface area contributed by atoms with Gasteiger partial charge >= 0.3 is 12.0 Å². The Morgan fingerprint density at radius 1 is 1.40 bits per heavy atom. The molecule has 1 aliphatic heterocycles. The number of nitrogens with zero attached hydrogens (tertiary/aromatic N) is 2. The van der Waals surface area contributed by atoms with Crippen LogP contribution in [0, 0.1) is 5.41 Å². The number of likely N-dealkylation sites (tertiary alicyclic amines) is 1. The smallest absolute Gasteiger partial charge is 0.320 e. The third-order valence-electron chi connectivity index (χ3n) is 4.11. The SMILES string of the molecule is C=CCN(CCO)C(=O)N1CCC(CC)(C(=O)O)CC1. The fraction of sp³-hybridized carbons (Fsp3) is 0.714. The lowest BCUT2D eigenvalue weighted by molar-refractivity contribution is -0.152. The van der Waals surface area contributed by atoms with Crippen LogP contribution in [-0.2, 0) is 4.79 Å². The van der Waals surface area contributed by atoms with E-state index in [0.717, 1.165) is 0 Å². The molecule has 0 saturated carbocycles. The van der Waals surface area contributed by atoms with E-state index in [1.165, 1.54) is 4.90 Å². The van der Waals surface area contributed by atoms with Crippen molar-refractivity contribution in [1.29, 1.82) is 0 Å². The molecule has 0 bridgehead atoms. The Hall–Kier alpha value is -1.56. The molecule has 0 aromatic heterocycles. The number of amides is 2. The summed E-state index contributed by atoms with van der Waals surface area (Å²) in [5.74, 6) is -0.773. The molecule has 1 aliphatic rings. The predicted molar refractivity (Wildman–Crippen MR) is 75.4 cm³/mol. The van der Waals surface area contributed by atoms with E-state index in [9.17, 15) is 14.7 Å². The Morgan fingerprint density at radius 3 is 2.40 bits per heavy atom. The second-order valence-corrected chi connectivity index (χ2v) is 5.17. The maximum Gasteiger partial charge on any atom is 0.320 e. The zero-order valence-electron chi connectivity index (χ0n) is 12.0. The van der Waals surface area contributed by atoms with Crippen molar-refractivity contribution in [3.05, 3.63) is 12.7 Å². The Balaban J connectivity index is 2.65. The predicted octanol–water partition coefficient (Wildman–Crippen LogP) is 1.16. The number of rotatable bonds is 6. The Labute approximate surface area is 119 Å². The first kappa shape index (κ1) is 16.5. The van der Waals surface area contributed by atoms with Gasteiger partial charge in [0.15, 0.2) is 0 Å². The van der Waals surface area contributed by atoms with E-state index in [2.05, 4.69) is 6.58 Å². The number of carboxylic acids is 1. The summed E-state index contributed by atoms with van der Waals surface area (Å²) in [4.78, 5) is 26.8. The molecule has 0 spiro atoms. The average molecular weight is 284 g/mol. The highest BCUT2D eigenvalue weighted by atomic mass is 16.4. The van der Waals surface area contributed by atoms with Crippen molar-refractivity contribution in [3.63, 3.8) is 0 Å². The molecule has 0 aromatic carbocycles. The summed E-state index contributed by atoms with van der Waals surface area (Å²) in [6, 6.07) is -0.158. The van der Waals surface area contributed by atoms with Crippen LogP contribution in [0.1, 0.15) is 26.2 Å². The van der Waals surface area contributed by atoms with E-state index < -0.39 is 11.4 Å². The fourth-order valence-electron chi connectivity index (χ4n) is 2.59. The highest BCUT2D eigenvalue weighted by molar-refractivity contribution is 5.77. The van der Waals surface area contributed by atoms with Gasteiger partial charge in [-0.1, -0.05) is 13.0 Å². The normalized spacial score (nSPS) is 17.6. The molecule has 0 atom stereocenters. The van der Waals surface area contributed by atoms with Gasteiger partial charge in [0.05, 0.1) is 12.0 Å². The molecule has 6 nitrogen and oxygen atoms in total. The minimum Gasteiger partial charge on any atom is -0.481 e. The van der Waals surface area contributed by atoms with E-state index in [1.54, 1.807) is 11.0 Å². The van der Waals surface area contributed by atoms with Crippen LogP contribution in [-0.4, -0.2) is 64.8 Å². The maximum atomic E-state index is 12.3. The summed E-state index contributed by atoms with van der Waals surface area (Å²) in [5, 5.41) is 18.3. The van der Waals surface area contributed by atoms with Crippen LogP contribution >= 0.6 is 0 Å². The van der Waals surface area contributed by atoms with Crippen LogP contribution in [0.25, 0.3) is 0 Å². The first-order chi connectivity index (χ1) is 9.50. The third kappa shape index (κ3) is 3.50. The second kappa shape index (κ2) is 7.28.